The number of pyridine rings is 1. The molecule has 2 aromatic carbocycles. The fourth-order valence-electron chi connectivity index (χ4n) is 3.11. The van der Waals surface area contributed by atoms with Crippen LogP contribution in [0.3, 0.4) is 0 Å². The normalized spacial score (nSPS) is 10.6. The van der Waals surface area contributed by atoms with Gasteiger partial charge in [0.2, 0.25) is 0 Å². The summed E-state index contributed by atoms with van der Waals surface area (Å²) in [5.74, 6) is 1.30. The quantitative estimate of drug-likeness (QED) is 0.504. The van der Waals surface area contributed by atoms with E-state index in [-0.39, 0.29) is 12.5 Å². The number of carbonyl (C=O) groups excluding carboxylic acids is 1. The Hall–Kier alpha value is -4.00. The molecule has 2 heterocycles. The molecular formula is C23H21N3O4. The number of carbonyl (C=O) groups is 1. The summed E-state index contributed by atoms with van der Waals surface area (Å²) in [5, 5.41) is 2.85. The van der Waals surface area contributed by atoms with Crippen LogP contribution in [0.15, 0.2) is 73.1 Å². The zero-order chi connectivity index (χ0) is 20.9. The maximum Gasteiger partial charge on any atom is 0.262 e. The standard InChI is InChI=1S/C23H21N3O4/c1-28-19-11-10-16(18-14-26-12-6-5-9-22(26)24-18)13-17(19)25-23(27)15-30-21-8-4-3-7-20(21)29-2/h3-14H,15H2,1-2H3,(H,25,27). The SMILES string of the molecule is COc1ccc(-c2cn3ccccc3n2)cc1NC(=O)COc1ccccc1OC. The Labute approximate surface area is 173 Å². The molecule has 152 valence electrons. The van der Waals surface area contributed by atoms with E-state index in [9.17, 15) is 4.79 Å². The van der Waals surface area contributed by atoms with Crippen molar-refractivity contribution in [3.63, 3.8) is 0 Å². The molecule has 0 fully saturated rings. The van der Waals surface area contributed by atoms with Crippen molar-refractivity contribution in [1.82, 2.24) is 9.38 Å². The van der Waals surface area contributed by atoms with E-state index in [1.165, 1.54) is 0 Å². The van der Waals surface area contributed by atoms with E-state index in [1.807, 2.05) is 59.3 Å². The van der Waals surface area contributed by atoms with Crippen molar-refractivity contribution >= 4 is 17.2 Å². The van der Waals surface area contributed by atoms with E-state index in [4.69, 9.17) is 14.2 Å². The van der Waals surface area contributed by atoms with Crippen LogP contribution in [0.1, 0.15) is 0 Å². The Morgan fingerprint density at radius 3 is 2.50 bits per heavy atom. The van der Waals surface area contributed by atoms with Gasteiger partial charge in [-0.2, -0.15) is 0 Å². The van der Waals surface area contributed by atoms with Gasteiger partial charge in [-0.15, -0.1) is 0 Å². The van der Waals surface area contributed by atoms with E-state index in [2.05, 4.69) is 10.3 Å². The molecule has 1 N–H and O–H groups in total. The Morgan fingerprint density at radius 1 is 0.967 bits per heavy atom. The van der Waals surface area contributed by atoms with Gasteiger partial charge in [-0.05, 0) is 42.5 Å². The topological polar surface area (TPSA) is 74.1 Å². The van der Waals surface area contributed by atoms with Crippen molar-refractivity contribution in [3.8, 4) is 28.5 Å². The average molecular weight is 403 g/mol. The van der Waals surface area contributed by atoms with E-state index >= 15 is 0 Å². The summed E-state index contributed by atoms with van der Waals surface area (Å²) in [5.41, 5.74) is 3.05. The summed E-state index contributed by atoms with van der Waals surface area (Å²) < 4.78 is 18.2. The molecule has 0 radical (unpaired) electrons. The second-order valence-corrected chi connectivity index (χ2v) is 6.50. The van der Waals surface area contributed by atoms with Gasteiger partial charge in [0, 0.05) is 18.0 Å². The summed E-state index contributed by atoms with van der Waals surface area (Å²) in [4.78, 5) is 17.1. The van der Waals surface area contributed by atoms with E-state index < -0.39 is 0 Å². The molecule has 1 amide bonds. The smallest absolute Gasteiger partial charge is 0.262 e. The predicted octanol–water partition coefficient (Wildman–Crippen LogP) is 4.04. The molecule has 4 aromatic rings. The van der Waals surface area contributed by atoms with Crippen LogP contribution in [0, 0.1) is 0 Å². The number of fused-ring (bicyclic) bond motifs is 1. The van der Waals surface area contributed by atoms with Gasteiger partial charge in [0.05, 0.1) is 25.6 Å². The van der Waals surface area contributed by atoms with Crippen LogP contribution < -0.4 is 19.5 Å². The van der Waals surface area contributed by atoms with Crippen LogP contribution >= 0.6 is 0 Å². The third kappa shape index (κ3) is 4.05. The molecule has 7 nitrogen and oxygen atoms in total. The van der Waals surface area contributed by atoms with E-state index in [0.717, 1.165) is 16.9 Å². The molecule has 0 saturated heterocycles. The first kappa shape index (κ1) is 19.3. The number of benzene rings is 2. The molecule has 0 bridgehead atoms. The van der Waals surface area contributed by atoms with Gasteiger partial charge in [-0.3, -0.25) is 4.79 Å². The number of imidazole rings is 1. The Kier molecular flexibility index (Phi) is 5.52. The summed E-state index contributed by atoms with van der Waals surface area (Å²) in [6.07, 6.45) is 3.88. The summed E-state index contributed by atoms with van der Waals surface area (Å²) in [7, 11) is 3.11. The fourth-order valence-corrected chi connectivity index (χ4v) is 3.11. The Bertz CT molecular complexity index is 1150. The molecule has 0 unspecified atom stereocenters. The first-order valence-corrected chi connectivity index (χ1v) is 9.36. The van der Waals surface area contributed by atoms with Gasteiger partial charge >= 0.3 is 0 Å². The lowest BCUT2D eigenvalue weighted by molar-refractivity contribution is -0.118. The van der Waals surface area contributed by atoms with Gasteiger partial charge < -0.3 is 23.9 Å². The number of nitrogens with one attached hydrogen (secondary N) is 1. The van der Waals surface area contributed by atoms with Gasteiger partial charge in [0.15, 0.2) is 18.1 Å². The highest BCUT2D eigenvalue weighted by Crippen LogP contribution is 2.31. The predicted molar refractivity (Wildman–Crippen MR) is 114 cm³/mol. The first-order valence-electron chi connectivity index (χ1n) is 9.36. The van der Waals surface area contributed by atoms with Crippen LogP contribution in [0.5, 0.6) is 17.2 Å². The van der Waals surface area contributed by atoms with Gasteiger partial charge in [-0.1, -0.05) is 18.2 Å². The van der Waals surface area contributed by atoms with Crippen molar-refractivity contribution in [2.24, 2.45) is 0 Å². The molecule has 0 aliphatic rings. The number of amides is 1. The molecule has 0 atom stereocenters. The maximum absolute atomic E-state index is 12.5. The largest absolute Gasteiger partial charge is 0.495 e. The second kappa shape index (κ2) is 8.57. The van der Waals surface area contributed by atoms with E-state index in [0.29, 0.717) is 22.9 Å². The molecule has 7 heteroatoms. The van der Waals surface area contributed by atoms with Crippen LogP contribution in [0.2, 0.25) is 0 Å². The number of hydrogen-bond acceptors (Lipinski definition) is 5. The van der Waals surface area contributed by atoms with Crippen molar-refractivity contribution in [1.29, 1.82) is 0 Å². The number of aromatic nitrogens is 2. The Morgan fingerprint density at radius 2 is 1.73 bits per heavy atom. The zero-order valence-electron chi connectivity index (χ0n) is 16.7. The summed E-state index contributed by atoms with van der Waals surface area (Å²) in [6.45, 7) is -0.165. The number of rotatable bonds is 7. The second-order valence-electron chi connectivity index (χ2n) is 6.50. The number of hydrogen-bond donors (Lipinski definition) is 1. The fraction of sp³-hybridized carbons (Fsp3) is 0.130. The molecule has 0 aliphatic heterocycles. The highest BCUT2D eigenvalue weighted by molar-refractivity contribution is 5.94. The number of methoxy groups -OCH3 is 2. The summed E-state index contributed by atoms with van der Waals surface area (Å²) in [6, 6.07) is 18.5. The first-order chi connectivity index (χ1) is 14.7. The monoisotopic (exact) mass is 403 g/mol. The highest BCUT2D eigenvalue weighted by atomic mass is 16.5. The van der Waals surface area contributed by atoms with Gasteiger partial charge in [0.25, 0.3) is 5.91 Å². The minimum absolute atomic E-state index is 0.165. The lowest BCUT2D eigenvalue weighted by atomic mass is 10.1. The van der Waals surface area contributed by atoms with Crippen molar-refractivity contribution in [2.75, 3.05) is 26.1 Å². The Balaban J connectivity index is 1.52. The molecular weight excluding hydrogens is 382 g/mol. The lowest BCUT2D eigenvalue weighted by Crippen LogP contribution is -2.20. The minimum Gasteiger partial charge on any atom is -0.495 e. The van der Waals surface area contributed by atoms with Crippen LogP contribution in [-0.4, -0.2) is 36.1 Å². The molecule has 4 rings (SSSR count). The number of ether oxygens (including phenoxy) is 3. The molecule has 0 aliphatic carbocycles. The minimum atomic E-state index is -0.314. The average Bonchev–Trinajstić information content (AvgIpc) is 3.22. The summed E-state index contributed by atoms with van der Waals surface area (Å²) >= 11 is 0. The van der Waals surface area contributed by atoms with Crippen molar-refractivity contribution in [2.45, 2.75) is 0 Å². The van der Waals surface area contributed by atoms with Crippen LogP contribution in [0.25, 0.3) is 16.9 Å². The maximum atomic E-state index is 12.5. The molecule has 30 heavy (non-hydrogen) atoms. The van der Waals surface area contributed by atoms with Gasteiger partial charge in [0.1, 0.15) is 11.4 Å². The number of nitrogens with zero attached hydrogens (tertiary/aromatic N) is 2. The molecule has 0 spiro atoms. The van der Waals surface area contributed by atoms with Crippen LogP contribution in [0.4, 0.5) is 5.69 Å². The third-order valence-corrected chi connectivity index (χ3v) is 4.56. The number of para-hydroxylation sites is 2. The van der Waals surface area contributed by atoms with Crippen LogP contribution in [-0.2, 0) is 4.79 Å². The highest BCUT2D eigenvalue weighted by Gasteiger charge is 2.13. The molecule has 0 saturated carbocycles. The molecule has 2 aromatic heterocycles. The third-order valence-electron chi connectivity index (χ3n) is 4.56. The zero-order valence-corrected chi connectivity index (χ0v) is 16.7. The van der Waals surface area contributed by atoms with Crippen molar-refractivity contribution in [3.05, 3.63) is 73.1 Å². The number of anilines is 1. The van der Waals surface area contributed by atoms with Gasteiger partial charge in [-0.25, -0.2) is 4.98 Å². The van der Waals surface area contributed by atoms with E-state index in [1.54, 1.807) is 32.4 Å². The lowest BCUT2D eigenvalue weighted by Gasteiger charge is -2.13. The van der Waals surface area contributed by atoms with Crippen molar-refractivity contribution < 1.29 is 19.0 Å².